The largest absolute Gasteiger partial charge is 0.390 e. The first-order valence-electron chi connectivity index (χ1n) is 13.1. The van der Waals surface area contributed by atoms with Crippen LogP contribution in [0.1, 0.15) is 92.9 Å². The maximum atomic E-state index is 12.1. The molecule has 0 aromatic rings. The topological polar surface area (TPSA) is 57.5 Å². The van der Waals surface area contributed by atoms with Crippen LogP contribution in [0, 0.1) is 52.3 Å². The molecule has 0 aromatic carbocycles. The Kier molecular flexibility index (Phi) is 6.27. The Hall–Kier alpha value is -0.670. The molecule has 0 amide bonds. The first-order valence-corrected chi connectivity index (χ1v) is 13.1. The molecule has 0 bridgehead atoms. The van der Waals surface area contributed by atoms with Gasteiger partial charge in [0, 0.05) is 6.42 Å². The van der Waals surface area contributed by atoms with Crippen LogP contribution in [0.5, 0.6) is 0 Å². The highest BCUT2D eigenvalue weighted by atomic mass is 16.3. The monoisotopic (exact) mass is 430 g/mol. The fraction of sp³-hybridized carbons (Fsp3) is 0.893. The molecule has 31 heavy (non-hydrogen) atoms. The van der Waals surface area contributed by atoms with Gasteiger partial charge in [-0.25, -0.2) is 0 Å². The number of aliphatic hydroxyl groups excluding tert-OH is 2. The van der Waals surface area contributed by atoms with Gasteiger partial charge in [-0.05, 0) is 103 Å². The fourth-order valence-electron chi connectivity index (χ4n) is 8.72. The van der Waals surface area contributed by atoms with Crippen LogP contribution in [0.4, 0.5) is 0 Å². The van der Waals surface area contributed by atoms with Crippen LogP contribution in [0.2, 0.25) is 0 Å². The second kappa shape index (κ2) is 8.28. The van der Waals surface area contributed by atoms with Crippen LogP contribution in [0.15, 0.2) is 11.6 Å². The zero-order chi connectivity index (χ0) is 22.7. The summed E-state index contributed by atoms with van der Waals surface area (Å²) in [6.07, 6.45) is 9.75. The van der Waals surface area contributed by atoms with E-state index in [2.05, 4.69) is 41.5 Å². The Bertz CT molecular complexity index is 726. The number of rotatable bonds is 5. The van der Waals surface area contributed by atoms with E-state index in [1.807, 2.05) is 6.08 Å². The molecule has 3 fully saturated rings. The number of ketones is 1. The lowest BCUT2D eigenvalue weighted by Crippen LogP contribution is -2.52. The molecular formula is C28H46O3. The molecular weight excluding hydrogens is 384 g/mol. The van der Waals surface area contributed by atoms with E-state index in [4.69, 9.17) is 0 Å². The molecule has 1 unspecified atom stereocenters. The first kappa shape index (κ1) is 23.5. The summed E-state index contributed by atoms with van der Waals surface area (Å²) in [6, 6.07) is 0. The van der Waals surface area contributed by atoms with Gasteiger partial charge in [0.2, 0.25) is 0 Å². The molecule has 3 heteroatoms. The van der Waals surface area contributed by atoms with E-state index in [0.717, 1.165) is 31.1 Å². The smallest absolute Gasteiger partial charge is 0.155 e. The van der Waals surface area contributed by atoms with Gasteiger partial charge in [0.25, 0.3) is 0 Å². The Morgan fingerprint density at radius 2 is 1.61 bits per heavy atom. The van der Waals surface area contributed by atoms with Gasteiger partial charge in [0.05, 0.1) is 12.2 Å². The summed E-state index contributed by atoms with van der Waals surface area (Å²) in [5.41, 5.74) is 1.94. The van der Waals surface area contributed by atoms with Crippen LogP contribution in [0.3, 0.4) is 0 Å². The van der Waals surface area contributed by atoms with Crippen molar-refractivity contribution in [3.8, 4) is 0 Å². The number of hydrogen-bond donors (Lipinski definition) is 2. The lowest BCUT2D eigenvalue weighted by atomic mass is 9.46. The molecule has 4 aliphatic rings. The van der Waals surface area contributed by atoms with Crippen molar-refractivity contribution in [1.82, 2.24) is 0 Å². The number of allylic oxidation sites excluding steroid dienone is 1. The quantitative estimate of drug-likeness (QED) is 0.581. The molecule has 4 rings (SSSR count). The fourth-order valence-corrected chi connectivity index (χ4v) is 8.72. The van der Waals surface area contributed by atoms with Crippen molar-refractivity contribution < 1.29 is 15.0 Å². The molecule has 10 atom stereocenters. The maximum absolute atomic E-state index is 12.1. The van der Waals surface area contributed by atoms with Gasteiger partial charge in [0.1, 0.15) is 0 Å². The molecule has 0 saturated heterocycles. The van der Waals surface area contributed by atoms with E-state index in [1.54, 1.807) is 0 Å². The van der Waals surface area contributed by atoms with Gasteiger partial charge in [-0.2, -0.15) is 0 Å². The number of hydrogen-bond acceptors (Lipinski definition) is 3. The molecule has 0 heterocycles. The van der Waals surface area contributed by atoms with Gasteiger partial charge in [-0.15, -0.1) is 0 Å². The summed E-state index contributed by atoms with van der Waals surface area (Å²) in [5, 5.41) is 22.0. The summed E-state index contributed by atoms with van der Waals surface area (Å²) in [7, 11) is 0. The lowest BCUT2D eigenvalue weighted by molar-refractivity contribution is -0.118. The van der Waals surface area contributed by atoms with Crippen molar-refractivity contribution in [3.63, 3.8) is 0 Å². The molecule has 0 aromatic heterocycles. The molecule has 4 aliphatic carbocycles. The van der Waals surface area contributed by atoms with E-state index < -0.39 is 12.2 Å². The number of fused-ring (bicyclic) bond motifs is 5. The van der Waals surface area contributed by atoms with E-state index in [1.165, 1.54) is 37.7 Å². The van der Waals surface area contributed by atoms with Crippen molar-refractivity contribution in [2.45, 2.75) is 105 Å². The minimum atomic E-state index is -0.643. The van der Waals surface area contributed by atoms with Crippen LogP contribution in [-0.2, 0) is 4.79 Å². The predicted molar refractivity (Wildman–Crippen MR) is 125 cm³/mol. The Labute approximate surface area is 190 Å². The van der Waals surface area contributed by atoms with Crippen molar-refractivity contribution in [1.29, 1.82) is 0 Å². The summed E-state index contributed by atoms with van der Waals surface area (Å²) in [6.45, 7) is 13.5. The van der Waals surface area contributed by atoms with Crippen molar-refractivity contribution >= 4 is 5.78 Å². The van der Waals surface area contributed by atoms with Crippen LogP contribution >= 0.6 is 0 Å². The summed E-state index contributed by atoms with van der Waals surface area (Å²) >= 11 is 0. The molecule has 2 N–H and O–H groups in total. The van der Waals surface area contributed by atoms with Crippen LogP contribution < -0.4 is 0 Å². The van der Waals surface area contributed by atoms with Gasteiger partial charge >= 0.3 is 0 Å². The van der Waals surface area contributed by atoms with E-state index >= 15 is 0 Å². The van der Waals surface area contributed by atoms with Crippen LogP contribution in [-0.4, -0.2) is 28.2 Å². The maximum Gasteiger partial charge on any atom is 0.155 e. The molecule has 0 aliphatic heterocycles. The lowest BCUT2D eigenvalue weighted by Gasteiger charge is -2.58. The SMILES string of the molecule is CC(C)[C@H](C)[C@@H](O)[C@H](O)[C@@H](C)[C@H]1CCC2[C@@H]3CCC4=CC(=O)CC[C@]4(C)[C@H]3CC[C@@]21C. The molecule has 3 nitrogen and oxygen atoms in total. The Morgan fingerprint density at radius 3 is 2.29 bits per heavy atom. The van der Waals surface area contributed by atoms with Crippen molar-refractivity contribution in [2.75, 3.05) is 0 Å². The van der Waals surface area contributed by atoms with E-state index in [9.17, 15) is 15.0 Å². The van der Waals surface area contributed by atoms with Gasteiger partial charge in [0.15, 0.2) is 5.78 Å². The Balaban J connectivity index is 1.53. The highest BCUT2D eigenvalue weighted by Crippen LogP contribution is 2.67. The van der Waals surface area contributed by atoms with E-state index in [-0.39, 0.29) is 22.7 Å². The molecule has 176 valence electrons. The number of carbonyl (C=O) groups is 1. The minimum Gasteiger partial charge on any atom is -0.390 e. The van der Waals surface area contributed by atoms with Gasteiger partial charge in [-0.3, -0.25) is 4.79 Å². The zero-order valence-corrected chi connectivity index (χ0v) is 20.7. The van der Waals surface area contributed by atoms with Gasteiger partial charge in [-0.1, -0.05) is 47.1 Å². The number of carbonyl (C=O) groups excluding carboxylic acids is 1. The normalized spacial score (nSPS) is 44.0. The van der Waals surface area contributed by atoms with Crippen molar-refractivity contribution in [3.05, 3.63) is 11.6 Å². The van der Waals surface area contributed by atoms with Gasteiger partial charge < -0.3 is 10.2 Å². The summed E-state index contributed by atoms with van der Waals surface area (Å²) < 4.78 is 0. The van der Waals surface area contributed by atoms with E-state index in [0.29, 0.717) is 23.5 Å². The van der Waals surface area contributed by atoms with Crippen molar-refractivity contribution in [2.24, 2.45) is 52.3 Å². The molecule has 3 saturated carbocycles. The number of aliphatic hydroxyl groups is 2. The average molecular weight is 431 g/mol. The third kappa shape index (κ3) is 3.66. The standard InChI is InChI=1S/C28H46O3/c1-16(2)17(3)25(30)26(31)18(4)22-9-10-23-21-8-7-19-15-20(29)11-13-27(19,5)24(21)12-14-28(22,23)6/h15-18,21-26,30-31H,7-14H2,1-6H3/t17-,18-,21-,22+,23?,24-,25+,26+,27-,28+/m0/s1. The Morgan fingerprint density at radius 1 is 0.903 bits per heavy atom. The van der Waals surface area contributed by atoms with Crippen LogP contribution in [0.25, 0.3) is 0 Å². The third-order valence-electron chi connectivity index (χ3n) is 11.1. The second-order valence-electron chi connectivity index (χ2n) is 12.6. The predicted octanol–water partition coefficient (Wildman–Crippen LogP) is 5.78. The highest BCUT2D eigenvalue weighted by molar-refractivity contribution is 5.91. The zero-order valence-electron chi connectivity index (χ0n) is 20.7. The second-order valence-corrected chi connectivity index (χ2v) is 12.6. The highest BCUT2D eigenvalue weighted by Gasteiger charge is 2.60. The average Bonchev–Trinajstić information content (AvgIpc) is 3.09. The molecule has 0 radical (unpaired) electrons. The molecule has 0 spiro atoms. The summed E-state index contributed by atoms with van der Waals surface area (Å²) in [4.78, 5) is 12.1. The summed E-state index contributed by atoms with van der Waals surface area (Å²) in [5.74, 6) is 3.62. The first-order chi connectivity index (χ1) is 14.5. The third-order valence-corrected chi connectivity index (χ3v) is 11.1. The minimum absolute atomic E-state index is 0.107.